The number of hydrogen-bond acceptors (Lipinski definition) is 5. The van der Waals surface area contributed by atoms with Gasteiger partial charge in [0.1, 0.15) is 11.4 Å². The second kappa shape index (κ2) is 6.39. The molecule has 0 aromatic heterocycles. The number of hydrogen-bond donors (Lipinski definition) is 0. The molecule has 0 aromatic carbocycles. The van der Waals surface area contributed by atoms with Gasteiger partial charge in [0.25, 0.3) is 0 Å². The number of esters is 1. The van der Waals surface area contributed by atoms with Gasteiger partial charge in [-0.25, -0.2) is 0 Å². The van der Waals surface area contributed by atoms with Gasteiger partial charge in [0, 0.05) is 19.3 Å². The monoisotopic (exact) mass is 354 g/mol. The van der Waals surface area contributed by atoms with E-state index in [0.29, 0.717) is 25.9 Å². The predicted molar refractivity (Wildman–Crippen MR) is 94.3 cm³/mol. The molecule has 0 aromatic rings. The highest BCUT2D eigenvalue weighted by Gasteiger charge is 2.52. The second-order valence-corrected chi connectivity index (χ2v) is 13.4. The first-order valence-electron chi connectivity index (χ1n) is 8.56. The Morgan fingerprint density at radius 1 is 1.25 bits per heavy atom. The number of carbonyl (C=O) groups is 2. The number of fused-ring (bicyclic) bond motifs is 2. The van der Waals surface area contributed by atoms with Gasteiger partial charge in [-0.3, -0.25) is 9.59 Å². The lowest BCUT2D eigenvalue weighted by Crippen LogP contribution is -2.51. The Labute approximate surface area is 145 Å². The molecule has 1 fully saturated rings. The molecule has 2 bridgehead atoms. The van der Waals surface area contributed by atoms with E-state index in [2.05, 4.69) is 33.9 Å². The predicted octanol–water partition coefficient (Wildman–Crippen LogP) is 3.39. The normalized spacial score (nSPS) is 29.8. The lowest BCUT2D eigenvalue weighted by Gasteiger charge is -2.43. The maximum absolute atomic E-state index is 12.3. The van der Waals surface area contributed by atoms with Crippen LogP contribution in [-0.2, 0) is 23.5 Å². The zero-order chi connectivity index (χ0) is 18.2. The lowest BCUT2D eigenvalue weighted by molar-refractivity contribution is -0.165. The van der Waals surface area contributed by atoms with Crippen LogP contribution in [-0.4, -0.2) is 45.0 Å². The van der Waals surface area contributed by atoms with Crippen LogP contribution in [0.1, 0.15) is 46.5 Å². The summed E-state index contributed by atoms with van der Waals surface area (Å²) in [6.07, 6.45) is 5.30. The Kier molecular flexibility index (Phi) is 5.15. The summed E-state index contributed by atoms with van der Waals surface area (Å²) in [7, 11) is -0.552. The number of rotatable bonds is 6. The summed E-state index contributed by atoms with van der Waals surface area (Å²) in [6, 6.07) is 0. The Morgan fingerprint density at radius 3 is 2.42 bits per heavy atom. The maximum atomic E-state index is 12.3. The average molecular weight is 355 g/mol. The first-order valence-corrected chi connectivity index (χ1v) is 11.5. The van der Waals surface area contributed by atoms with E-state index in [1.807, 2.05) is 12.2 Å². The molecule has 5 nitrogen and oxygen atoms in total. The van der Waals surface area contributed by atoms with Gasteiger partial charge < -0.3 is 13.9 Å². The molecule has 0 amide bonds. The van der Waals surface area contributed by atoms with Crippen molar-refractivity contribution in [3.8, 4) is 0 Å². The Morgan fingerprint density at radius 2 is 1.83 bits per heavy atom. The highest BCUT2D eigenvalue weighted by Crippen LogP contribution is 2.45. The standard InChI is InChI=1S/C18H30O5Si/c1-16(2,3)24(5,6)22-13-18-10-9-17(23-18,11-14(19)12-18)8-7-15(20)21-4/h9-10H,7-8,11-13H2,1-6H3/t17-,18+/m0/s1. The molecule has 0 unspecified atom stereocenters. The molecular weight excluding hydrogens is 324 g/mol. The fourth-order valence-corrected chi connectivity index (χ4v) is 4.02. The third kappa shape index (κ3) is 3.98. The maximum Gasteiger partial charge on any atom is 0.305 e. The second-order valence-electron chi connectivity index (χ2n) is 8.58. The third-order valence-electron chi connectivity index (χ3n) is 5.55. The van der Waals surface area contributed by atoms with Crippen molar-refractivity contribution in [2.75, 3.05) is 13.7 Å². The fourth-order valence-electron chi connectivity index (χ4n) is 2.98. The molecule has 0 saturated carbocycles. The van der Waals surface area contributed by atoms with Crippen molar-refractivity contribution in [3.63, 3.8) is 0 Å². The van der Waals surface area contributed by atoms with E-state index in [1.165, 1.54) is 7.11 Å². The van der Waals surface area contributed by atoms with E-state index in [1.54, 1.807) is 0 Å². The molecule has 0 N–H and O–H groups in total. The van der Waals surface area contributed by atoms with Crippen LogP contribution in [0.15, 0.2) is 12.2 Å². The average Bonchev–Trinajstić information content (AvgIpc) is 2.74. The van der Waals surface area contributed by atoms with Gasteiger partial charge in [0.15, 0.2) is 8.32 Å². The summed E-state index contributed by atoms with van der Waals surface area (Å²) >= 11 is 0. The van der Waals surface area contributed by atoms with Crippen LogP contribution in [0.4, 0.5) is 0 Å². The summed E-state index contributed by atoms with van der Waals surface area (Å²) in [5, 5.41) is 0.104. The fraction of sp³-hybridized carbons (Fsp3) is 0.778. The van der Waals surface area contributed by atoms with Crippen LogP contribution in [0.2, 0.25) is 18.1 Å². The molecule has 2 aliphatic heterocycles. The first kappa shape index (κ1) is 19.3. The van der Waals surface area contributed by atoms with Gasteiger partial charge in [-0.05, 0) is 24.6 Å². The quantitative estimate of drug-likeness (QED) is 0.416. The highest BCUT2D eigenvalue weighted by molar-refractivity contribution is 6.74. The van der Waals surface area contributed by atoms with Crippen LogP contribution in [0.5, 0.6) is 0 Å². The largest absolute Gasteiger partial charge is 0.469 e. The number of carbonyl (C=O) groups excluding carboxylic acids is 2. The Balaban J connectivity index is 2.07. The van der Waals surface area contributed by atoms with Crippen LogP contribution < -0.4 is 0 Å². The molecule has 2 heterocycles. The molecule has 24 heavy (non-hydrogen) atoms. The number of methoxy groups -OCH3 is 1. The number of ketones is 1. The first-order chi connectivity index (χ1) is 10.9. The van der Waals surface area contributed by atoms with Gasteiger partial charge in [-0.1, -0.05) is 32.9 Å². The number of ether oxygens (including phenoxy) is 2. The zero-order valence-electron chi connectivity index (χ0n) is 15.7. The van der Waals surface area contributed by atoms with E-state index in [-0.39, 0.29) is 23.2 Å². The summed E-state index contributed by atoms with van der Waals surface area (Å²) in [5.41, 5.74) is -1.36. The van der Waals surface area contributed by atoms with Gasteiger partial charge in [0.2, 0.25) is 0 Å². The van der Waals surface area contributed by atoms with E-state index in [9.17, 15) is 9.59 Å². The van der Waals surface area contributed by atoms with E-state index >= 15 is 0 Å². The highest BCUT2D eigenvalue weighted by atomic mass is 28.4. The molecular formula is C18H30O5Si. The minimum absolute atomic E-state index is 0.104. The minimum Gasteiger partial charge on any atom is -0.469 e. The minimum atomic E-state index is -1.92. The number of Topliss-reactive ketones (excluding diaryl/α,β-unsaturated/α-hetero) is 1. The third-order valence-corrected chi connectivity index (χ3v) is 10.0. The van der Waals surface area contributed by atoms with E-state index < -0.39 is 19.5 Å². The van der Waals surface area contributed by atoms with Crippen LogP contribution in [0.3, 0.4) is 0 Å². The molecule has 2 rings (SSSR count). The van der Waals surface area contributed by atoms with Gasteiger partial charge >= 0.3 is 5.97 Å². The Hall–Kier alpha value is -0.983. The molecule has 2 aliphatic rings. The summed E-state index contributed by atoms with van der Waals surface area (Å²) < 4.78 is 17.3. The summed E-state index contributed by atoms with van der Waals surface area (Å²) in [5.74, 6) is -0.121. The molecule has 6 heteroatoms. The van der Waals surface area contributed by atoms with Crippen molar-refractivity contribution >= 4 is 20.1 Å². The summed E-state index contributed by atoms with van der Waals surface area (Å²) in [4.78, 5) is 23.7. The van der Waals surface area contributed by atoms with Crippen LogP contribution in [0.25, 0.3) is 0 Å². The molecule has 136 valence electrons. The van der Waals surface area contributed by atoms with E-state index in [4.69, 9.17) is 13.9 Å². The molecule has 1 saturated heterocycles. The van der Waals surface area contributed by atoms with Gasteiger partial charge in [-0.2, -0.15) is 0 Å². The summed E-state index contributed by atoms with van der Waals surface area (Å²) in [6.45, 7) is 11.3. The van der Waals surface area contributed by atoms with E-state index in [0.717, 1.165) is 0 Å². The van der Waals surface area contributed by atoms with Crippen LogP contribution >= 0.6 is 0 Å². The van der Waals surface area contributed by atoms with Crippen molar-refractivity contribution in [1.82, 2.24) is 0 Å². The molecule has 2 atom stereocenters. The lowest BCUT2D eigenvalue weighted by atomic mass is 9.88. The van der Waals surface area contributed by atoms with Gasteiger partial charge in [-0.15, -0.1) is 0 Å². The molecule has 0 radical (unpaired) electrons. The van der Waals surface area contributed by atoms with Crippen molar-refractivity contribution in [3.05, 3.63) is 12.2 Å². The zero-order valence-corrected chi connectivity index (χ0v) is 16.7. The van der Waals surface area contributed by atoms with Crippen molar-refractivity contribution < 1.29 is 23.5 Å². The van der Waals surface area contributed by atoms with Crippen LogP contribution in [0, 0.1) is 0 Å². The topological polar surface area (TPSA) is 61.8 Å². The van der Waals surface area contributed by atoms with Crippen molar-refractivity contribution in [1.29, 1.82) is 0 Å². The molecule has 0 aliphatic carbocycles. The van der Waals surface area contributed by atoms with Crippen molar-refractivity contribution in [2.45, 2.75) is 75.8 Å². The Bertz CT molecular complexity index is 548. The molecule has 0 spiro atoms. The smallest absolute Gasteiger partial charge is 0.305 e. The SMILES string of the molecule is COC(=O)CC[C@]12C=C[C@](CO[Si](C)(C)C(C)(C)C)(CC(=O)C1)O2. The van der Waals surface area contributed by atoms with Gasteiger partial charge in [0.05, 0.1) is 19.3 Å². The van der Waals surface area contributed by atoms with Crippen molar-refractivity contribution in [2.24, 2.45) is 0 Å².